The molecule has 0 bridgehead atoms. The van der Waals surface area contributed by atoms with Crippen LogP contribution in [0.25, 0.3) is 0 Å². The molecule has 0 aliphatic heterocycles. The summed E-state index contributed by atoms with van der Waals surface area (Å²) in [5.41, 5.74) is -0.0809. The Morgan fingerprint density at radius 2 is 2.25 bits per heavy atom. The van der Waals surface area contributed by atoms with Gasteiger partial charge in [-0.3, -0.25) is 4.79 Å². The Morgan fingerprint density at radius 3 is 2.90 bits per heavy atom. The largest absolute Gasteiger partial charge is 0.478 e. The van der Waals surface area contributed by atoms with E-state index < -0.39 is 5.97 Å². The standard InChI is InChI=1S/C13H11BrN2O3S/c1-2-16-6-5-15-11(12(16)17)20-10-7-8(14)3-4-9(10)13(18)19/h3-7H,2H2,1H3,(H,18,19). The van der Waals surface area contributed by atoms with Crippen molar-refractivity contribution in [2.75, 3.05) is 0 Å². The Morgan fingerprint density at radius 1 is 1.50 bits per heavy atom. The summed E-state index contributed by atoms with van der Waals surface area (Å²) in [6.07, 6.45) is 3.14. The molecule has 0 aliphatic carbocycles. The molecule has 20 heavy (non-hydrogen) atoms. The maximum atomic E-state index is 12.1. The maximum absolute atomic E-state index is 12.1. The van der Waals surface area contributed by atoms with Gasteiger partial charge >= 0.3 is 5.97 Å². The number of rotatable bonds is 4. The lowest BCUT2D eigenvalue weighted by atomic mass is 10.2. The molecule has 0 fully saturated rings. The van der Waals surface area contributed by atoms with Crippen LogP contribution in [-0.2, 0) is 6.54 Å². The minimum atomic E-state index is -1.04. The lowest BCUT2D eigenvalue weighted by molar-refractivity contribution is 0.0693. The van der Waals surface area contributed by atoms with Crippen LogP contribution < -0.4 is 5.56 Å². The van der Waals surface area contributed by atoms with E-state index in [1.54, 1.807) is 18.3 Å². The molecule has 1 aromatic heterocycles. The van der Waals surface area contributed by atoms with E-state index in [-0.39, 0.29) is 16.1 Å². The molecule has 0 aliphatic rings. The molecule has 0 amide bonds. The van der Waals surface area contributed by atoms with Crippen LogP contribution in [0.1, 0.15) is 17.3 Å². The first-order valence-electron chi connectivity index (χ1n) is 5.79. The van der Waals surface area contributed by atoms with Gasteiger partial charge in [0.2, 0.25) is 0 Å². The van der Waals surface area contributed by atoms with Gasteiger partial charge in [0.05, 0.1) is 5.56 Å². The molecule has 104 valence electrons. The molecule has 0 saturated heterocycles. The highest BCUT2D eigenvalue weighted by molar-refractivity contribution is 9.10. The molecule has 0 spiro atoms. The molecule has 0 saturated carbocycles. The topological polar surface area (TPSA) is 72.2 Å². The van der Waals surface area contributed by atoms with E-state index in [2.05, 4.69) is 20.9 Å². The second-order valence-electron chi connectivity index (χ2n) is 3.87. The first-order valence-corrected chi connectivity index (χ1v) is 7.40. The molecule has 0 atom stereocenters. The van der Waals surface area contributed by atoms with Crippen LogP contribution in [0.2, 0.25) is 0 Å². The summed E-state index contributed by atoms with van der Waals surface area (Å²) in [5, 5.41) is 9.43. The summed E-state index contributed by atoms with van der Waals surface area (Å²) < 4.78 is 2.27. The first kappa shape index (κ1) is 14.8. The Hall–Kier alpha value is -1.60. The molecule has 2 aromatic rings. The quantitative estimate of drug-likeness (QED) is 0.913. The Labute approximate surface area is 127 Å². The highest BCUT2D eigenvalue weighted by atomic mass is 79.9. The van der Waals surface area contributed by atoms with Gasteiger partial charge < -0.3 is 9.67 Å². The number of carboxylic acids is 1. The molecular weight excluding hydrogens is 344 g/mol. The van der Waals surface area contributed by atoms with Crippen molar-refractivity contribution in [2.45, 2.75) is 23.4 Å². The highest BCUT2D eigenvalue weighted by Gasteiger charge is 2.14. The van der Waals surface area contributed by atoms with Crippen LogP contribution in [0, 0.1) is 0 Å². The zero-order valence-corrected chi connectivity index (χ0v) is 12.9. The van der Waals surface area contributed by atoms with Crippen LogP contribution in [0.4, 0.5) is 0 Å². The van der Waals surface area contributed by atoms with Crippen molar-refractivity contribution in [1.29, 1.82) is 0 Å². The van der Waals surface area contributed by atoms with Gasteiger partial charge in [0.25, 0.3) is 5.56 Å². The molecule has 5 nitrogen and oxygen atoms in total. The second-order valence-corrected chi connectivity index (χ2v) is 5.82. The van der Waals surface area contributed by atoms with Gasteiger partial charge in [-0.1, -0.05) is 27.7 Å². The summed E-state index contributed by atoms with van der Waals surface area (Å²) in [6, 6.07) is 4.81. The molecule has 7 heteroatoms. The second kappa shape index (κ2) is 6.23. The average molecular weight is 355 g/mol. The van der Waals surface area contributed by atoms with Gasteiger partial charge in [0, 0.05) is 28.3 Å². The highest BCUT2D eigenvalue weighted by Crippen LogP contribution is 2.30. The molecule has 1 aromatic carbocycles. The Kier molecular flexibility index (Phi) is 4.61. The van der Waals surface area contributed by atoms with Crippen molar-refractivity contribution in [1.82, 2.24) is 9.55 Å². The fourth-order valence-electron chi connectivity index (χ4n) is 1.61. The third-order valence-electron chi connectivity index (χ3n) is 2.60. The minimum Gasteiger partial charge on any atom is -0.478 e. The summed E-state index contributed by atoms with van der Waals surface area (Å²) in [4.78, 5) is 27.8. The normalized spacial score (nSPS) is 10.5. The Bertz CT molecular complexity index is 715. The first-order chi connectivity index (χ1) is 9.52. The summed E-state index contributed by atoms with van der Waals surface area (Å²) in [5.74, 6) is -1.04. The van der Waals surface area contributed by atoms with E-state index >= 15 is 0 Å². The zero-order chi connectivity index (χ0) is 14.7. The monoisotopic (exact) mass is 354 g/mol. The van der Waals surface area contributed by atoms with Crippen molar-refractivity contribution in [3.05, 3.63) is 51.0 Å². The van der Waals surface area contributed by atoms with Gasteiger partial charge in [0.15, 0.2) is 5.03 Å². The fourth-order valence-corrected chi connectivity index (χ4v) is 3.10. The molecule has 2 rings (SSSR count). The van der Waals surface area contributed by atoms with Crippen molar-refractivity contribution in [3.63, 3.8) is 0 Å². The smallest absolute Gasteiger partial charge is 0.336 e. The Balaban J connectivity index is 2.47. The van der Waals surface area contributed by atoms with E-state index in [0.29, 0.717) is 11.4 Å². The number of aromatic nitrogens is 2. The van der Waals surface area contributed by atoms with E-state index in [1.807, 2.05) is 6.92 Å². The lowest BCUT2D eigenvalue weighted by Gasteiger charge is -2.07. The van der Waals surface area contributed by atoms with Crippen molar-refractivity contribution in [3.8, 4) is 0 Å². The third-order valence-corrected chi connectivity index (χ3v) is 4.13. The van der Waals surface area contributed by atoms with Gasteiger partial charge in [-0.15, -0.1) is 0 Å². The lowest BCUT2D eigenvalue weighted by Crippen LogP contribution is -2.21. The van der Waals surface area contributed by atoms with Crippen LogP contribution in [0.15, 0.2) is 49.8 Å². The number of hydrogen-bond acceptors (Lipinski definition) is 4. The minimum absolute atomic E-state index is 0.145. The summed E-state index contributed by atoms with van der Waals surface area (Å²) in [7, 11) is 0. The maximum Gasteiger partial charge on any atom is 0.336 e. The van der Waals surface area contributed by atoms with E-state index in [4.69, 9.17) is 0 Å². The molecular formula is C13H11BrN2O3S. The number of hydrogen-bond donors (Lipinski definition) is 1. The average Bonchev–Trinajstić information content (AvgIpc) is 2.41. The van der Waals surface area contributed by atoms with Crippen LogP contribution in [-0.4, -0.2) is 20.6 Å². The molecule has 0 radical (unpaired) electrons. The van der Waals surface area contributed by atoms with Gasteiger partial charge in [-0.2, -0.15) is 0 Å². The van der Waals surface area contributed by atoms with Gasteiger partial charge in [-0.25, -0.2) is 9.78 Å². The fraction of sp³-hybridized carbons (Fsp3) is 0.154. The van der Waals surface area contributed by atoms with E-state index in [0.717, 1.165) is 16.2 Å². The number of aromatic carboxylic acids is 1. The van der Waals surface area contributed by atoms with E-state index in [1.165, 1.54) is 16.8 Å². The summed E-state index contributed by atoms with van der Waals surface area (Å²) in [6.45, 7) is 2.40. The van der Waals surface area contributed by atoms with Crippen LogP contribution in [0.5, 0.6) is 0 Å². The van der Waals surface area contributed by atoms with Crippen LogP contribution >= 0.6 is 27.7 Å². The molecule has 1 N–H and O–H groups in total. The number of aryl methyl sites for hydroxylation is 1. The van der Waals surface area contributed by atoms with Crippen molar-refractivity contribution >= 4 is 33.7 Å². The van der Waals surface area contributed by atoms with Crippen molar-refractivity contribution < 1.29 is 9.90 Å². The number of benzene rings is 1. The van der Waals surface area contributed by atoms with Crippen molar-refractivity contribution in [2.24, 2.45) is 0 Å². The predicted molar refractivity (Wildman–Crippen MR) is 79.4 cm³/mol. The zero-order valence-electron chi connectivity index (χ0n) is 10.5. The number of carboxylic acid groups (broad SMARTS) is 1. The van der Waals surface area contributed by atoms with Gasteiger partial charge in [0.1, 0.15) is 0 Å². The SMILES string of the molecule is CCn1ccnc(Sc2cc(Br)ccc2C(=O)O)c1=O. The number of nitrogens with zero attached hydrogens (tertiary/aromatic N) is 2. The number of carbonyl (C=O) groups is 1. The third kappa shape index (κ3) is 3.10. The number of halogens is 1. The van der Waals surface area contributed by atoms with Gasteiger partial charge in [-0.05, 0) is 25.1 Å². The van der Waals surface area contributed by atoms with E-state index in [9.17, 15) is 14.7 Å². The van der Waals surface area contributed by atoms with Crippen LogP contribution in [0.3, 0.4) is 0 Å². The predicted octanol–water partition coefficient (Wildman–Crippen LogP) is 2.88. The molecule has 1 heterocycles. The summed E-state index contributed by atoms with van der Waals surface area (Å²) >= 11 is 4.35. The molecule has 0 unspecified atom stereocenters.